The van der Waals surface area contributed by atoms with Crippen LogP contribution in [0.15, 0.2) is 54.6 Å². The lowest BCUT2D eigenvalue weighted by molar-refractivity contribution is -0.125. The highest BCUT2D eigenvalue weighted by atomic mass is 32.2. The maximum atomic E-state index is 13.3. The van der Waals surface area contributed by atoms with Crippen LogP contribution in [0.1, 0.15) is 21.3 Å². The summed E-state index contributed by atoms with van der Waals surface area (Å²) in [6, 6.07) is 16.2. The van der Waals surface area contributed by atoms with Gasteiger partial charge in [0.15, 0.2) is 0 Å². The largest absolute Gasteiger partial charge is 0.497 e. The Morgan fingerprint density at radius 3 is 2.46 bits per heavy atom. The van der Waals surface area contributed by atoms with Crippen LogP contribution in [0.3, 0.4) is 0 Å². The Balaban J connectivity index is 1.87. The minimum Gasteiger partial charge on any atom is -0.497 e. The number of rotatable bonds is 7. The maximum absolute atomic E-state index is 13.3. The number of ether oxygens (including phenoxy) is 2. The minimum absolute atomic E-state index is 0.162. The lowest BCUT2D eigenvalue weighted by Gasteiger charge is -2.29. The number of carbonyl (C=O) groups excluding carboxylic acids is 2. The van der Waals surface area contributed by atoms with Crippen LogP contribution in [0, 0.1) is 0 Å². The van der Waals surface area contributed by atoms with Gasteiger partial charge in [0.05, 0.1) is 13.7 Å². The highest BCUT2D eigenvalue weighted by Gasteiger charge is 2.42. The third-order valence-electron chi connectivity index (χ3n) is 4.56. The first kappa shape index (κ1) is 20.2. The van der Waals surface area contributed by atoms with Crippen LogP contribution in [0.25, 0.3) is 0 Å². The van der Waals surface area contributed by atoms with E-state index in [2.05, 4.69) is 5.32 Å². The molecular formula is C21H24N2O4S. The summed E-state index contributed by atoms with van der Waals surface area (Å²) in [6.45, 7) is 0.844. The third kappa shape index (κ3) is 4.48. The van der Waals surface area contributed by atoms with Crippen LogP contribution in [0.5, 0.6) is 5.75 Å². The second-order valence-electron chi connectivity index (χ2n) is 6.34. The average Bonchev–Trinajstić information content (AvgIpc) is 3.19. The van der Waals surface area contributed by atoms with Gasteiger partial charge < -0.3 is 19.7 Å². The predicted octanol–water partition coefficient (Wildman–Crippen LogP) is 2.71. The molecule has 28 heavy (non-hydrogen) atoms. The summed E-state index contributed by atoms with van der Waals surface area (Å²) in [5, 5.41) is 2.65. The van der Waals surface area contributed by atoms with Gasteiger partial charge in [-0.15, -0.1) is 11.8 Å². The number of hydrogen-bond donors (Lipinski definition) is 1. The van der Waals surface area contributed by atoms with Gasteiger partial charge in [0, 0.05) is 25.0 Å². The quantitative estimate of drug-likeness (QED) is 0.724. The standard InChI is InChI=1S/C21H24N2O4S/c1-26-13-12-22-19(24)18-14-28-21(16-6-4-3-5-7-16)23(18)20(25)15-8-10-17(27-2)11-9-15/h3-11,18,21H,12-14H2,1-2H3,(H,22,24)/t18-,21-/m0/s1. The van der Waals surface area contributed by atoms with Gasteiger partial charge in [0.1, 0.15) is 17.2 Å². The summed E-state index contributed by atoms with van der Waals surface area (Å²) >= 11 is 1.60. The second kappa shape index (κ2) is 9.61. The van der Waals surface area contributed by atoms with Crippen molar-refractivity contribution >= 4 is 23.6 Å². The molecule has 2 aromatic rings. The highest BCUT2D eigenvalue weighted by molar-refractivity contribution is 7.99. The maximum Gasteiger partial charge on any atom is 0.255 e. The summed E-state index contributed by atoms with van der Waals surface area (Å²) < 4.78 is 10.2. The normalized spacial score (nSPS) is 18.7. The van der Waals surface area contributed by atoms with E-state index in [4.69, 9.17) is 9.47 Å². The summed E-state index contributed by atoms with van der Waals surface area (Å²) in [5.41, 5.74) is 1.53. The molecule has 1 aliphatic rings. The Morgan fingerprint density at radius 1 is 1.11 bits per heavy atom. The van der Waals surface area contributed by atoms with Crippen LogP contribution in [-0.4, -0.2) is 55.9 Å². The minimum atomic E-state index is -0.540. The molecule has 1 fully saturated rings. The van der Waals surface area contributed by atoms with Gasteiger partial charge in [-0.05, 0) is 29.8 Å². The van der Waals surface area contributed by atoms with E-state index in [1.807, 2.05) is 30.3 Å². The van der Waals surface area contributed by atoms with E-state index in [0.29, 0.717) is 30.2 Å². The fourth-order valence-corrected chi connectivity index (χ4v) is 4.54. The molecule has 1 aliphatic heterocycles. The van der Waals surface area contributed by atoms with Gasteiger partial charge in [-0.3, -0.25) is 9.59 Å². The van der Waals surface area contributed by atoms with E-state index in [1.54, 1.807) is 55.1 Å². The topological polar surface area (TPSA) is 67.9 Å². The Kier molecular flexibility index (Phi) is 6.95. The molecule has 0 radical (unpaired) electrons. The lowest BCUT2D eigenvalue weighted by Crippen LogP contribution is -2.48. The molecule has 2 aromatic carbocycles. The number of thioether (sulfide) groups is 1. The summed E-state index contributed by atoms with van der Waals surface area (Å²) in [4.78, 5) is 27.8. The van der Waals surface area contributed by atoms with E-state index < -0.39 is 6.04 Å². The molecule has 0 bridgehead atoms. The summed E-state index contributed by atoms with van der Waals surface area (Å²) in [6.07, 6.45) is 0. The number of nitrogens with one attached hydrogen (secondary N) is 1. The number of nitrogens with zero attached hydrogens (tertiary/aromatic N) is 1. The molecular weight excluding hydrogens is 376 g/mol. The molecule has 7 heteroatoms. The molecule has 0 spiro atoms. The van der Waals surface area contributed by atoms with Crippen molar-refractivity contribution < 1.29 is 19.1 Å². The van der Waals surface area contributed by atoms with Crippen molar-refractivity contribution in [3.8, 4) is 5.75 Å². The molecule has 0 aliphatic carbocycles. The van der Waals surface area contributed by atoms with Crippen LogP contribution in [-0.2, 0) is 9.53 Å². The number of hydrogen-bond acceptors (Lipinski definition) is 5. The van der Waals surface area contributed by atoms with Crippen LogP contribution >= 0.6 is 11.8 Å². The van der Waals surface area contributed by atoms with Crippen molar-refractivity contribution in [3.05, 3.63) is 65.7 Å². The van der Waals surface area contributed by atoms with Gasteiger partial charge in [0.2, 0.25) is 5.91 Å². The lowest BCUT2D eigenvalue weighted by atomic mass is 10.1. The van der Waals surface area contributed by atoms with Gasteiger partial charge >= 0.3 is 0 Å². The Hall–Kier alpha value is -2.51. The van der Waals surface area contributed by atoms with Crippen molar-refractivity contribution in [2.45, 2.75) is 11.4 Å². The monoisotopic (exact) mass is 400 g/mol. The highest BCUT2D eigenvalue weighted by Crippen LogP contribution is 2.42. The van der Waals surface area contributed by atoms with Crippen molar-refractivity contribution in [2.24, 2.45) is 0 Å². The molecule has 0 aromatic heterocycles. The number of carbonyl (C=O) groups is 2. The van der Waals surface area contributed by atoms with Gasteiger partial charge in [0.25, 0.3) is 5.91 Å². The van der Waals surface area contributed by atoms with E-state index in [0.717, 1.165) is 5.56 Å². The van der Waals surface area contributed by atoms with Crippen LogP contribution in [0.2, 0.25) is 0 Å². The average molecular weight is 401 g/mol. The Bertz CT molecular complexity index is 798. The zero-order chi connectivity index (χ0) is 19.9. The molecule has 0 unspecified atom stereocenters. The summed E-state index contributed by atoms with van der Waals surface area (Å²) in [7, 11) is 3.17. The zero-order valence-corrected chi connectivity index (χ0v) is 16.8. The number of amides is 2. The molecule has 1 heterocycles. The predicted molar refractivity (Wildman–Crippen MR) is 109 cm³/mol. The van der Waals surface area contributed by atoms with Gasteiger partial charge in [-0.1, -0.05) is 30.3 Å². The fraction of sp³-hybridized carbons (Fsp3) is 0.333. The van der Waals surface area contributed by atoms with E-state index in [9.17, 15) is 9.59 Å². The number of methoxy groups -OCH3 is 2. The first-order chi connectivity index (χ1) is 13.7. The Morgan fingerprint density at radius 2 is 1.82 bits per heavy atom. The Labute approximate surface area is 169 Å². The molecule has 6 nitrogen and oxygen atoms in total. The first-order valence-corrected chi connectivity index (χ1v) is 10.1. The van der Waals surface area contributed by atoms with Gasteiger partial charge in [-0.2, -0.15) is 0 Å². The van der Waals surface area contributed by atoms with Crippen molar-refractivity contribution in [3.63, 3.8) is 0 Å². The van der Waals surface area contributed by atoms with E-state index >= 15 is 0 Å². The smallest absolute Gasteiger partial charge is 0.255 e. The molecule has 0 saturated carbocycles. The molecule has 3 rings (SSSR count). The molecule has 1 N–H and O–H groups in total. The van der Waals surface area contributed by atoms with Crippen molar-refractivity contribution in [1.29, 1.82) is 0 Å². The molecule has 1 saturated heterocycles. The van der Waals surface area contributed by atoms with E-state index in [1.165, 1.54) is 0 Å². The molecule has 2 atom stereocenters. The molecule has 2 amide bonds. The summed E-state index contributed by atoms with van der Waals surface area (Å²) in [5.74, 6) is 0.888. The van der Waals surface area contributed by atoms with Crippen LogP contribution in [0.4, 0.5) is 0 Å². The second-order valence-corrected chi connectivity index (χ2v) is 7.45. The fourth-order valence-electron chi connectivity index (χ4n) is 3.11. The van der Waals surface area contributed by atoms with Crippen LogP contribution < -0.4 is 10.1 Å². The zero-order valence-electron chi connectivity index (χ0n) is 16.0. The number of benzene rings is 2. The SMILES string of the molecule is COCCNC(=O)[C@@H]1CS[C@@H](c2ccccc2)N1C(=O)c1ccc(OC)cc1. The van der Waals surface area contributed by atoms with Gasteiger partial charge in [-0.25, -0.2) is 0 Å². The van der Waals surface area contributed by atoms with Crippen molar-refractivity contribution in [1.82, 2.24) is 10.2 Å². The third-order valence-corrected chi connectivity index (χ3v) is 5.89. The molecule has 148 valence electrons. The van der Waals surface area contributed by atoms with E-state index in [-0.39, 0.29) is 17.2 Å². The van der Waals surface area contributed by atoms with Crippen molar-refractivity contribution in [2.75, 3.05) is 33.1 Å². The first-order valence-electron chi connectivity index (χ1n) is 9.05.